The Hall–Kier alpha value is -2.76. The van der Waals surface area contributed by atoms with Gasteiger partial charge in [0, 0.05) is 0 Å². The zero-order valence-electron chi connectivity index (χ0n) is 13.0. The molecule has 2 heterocycles. The molecule has 0 bridgehead atoms. The van der Waals surface area contributed by atoms with Crippen molar-refractivity contribution in [2.45, 2.75) is 32.9 Å². The molecule has 1 atom stereocenters. The minimum absolute atomic E-state index is 0.0443. The molecule has 1 amide bonds. The highest BCUT2D eigenvalue weighted by Gasteiger charge is 2.32. The zero-order chi connectivity index (χ0) is 16.6. The second kappa shape index (κ2) is 5.79. The van der Waals surface area contributed by atoms with E-state index in [0.29, 0.717) is 12.2 Å². The Labute approximate surface area is 133 Å². The van der Waals surface area contributed by atoms with Gasteiger partial charge in [0.2, 0.25) is 11.7 Å². The summed E-state index contributed by atoms with van der Waals surface area (Å²) < 4.78 is 5.29. The third-order valence-corrected chi connectivity index (χ3v) is 3.93. The summed E-state index contributed by atoms with van der Waals surface area (Å²) in [5.41, 5.74) is 2.78. The second-order valence-electron chi connectivity index (χ2n) is 5.62. The highest BCUT2D eigenvalue weighted by molar-refractivity contribution is 6.04. The van der Waals surface area contributed by atoms with Crippen LogP contribution in [0.3, 0.4) is 0 Å². The van der Waals surface area contributed by atoms with Crippen molar-refractivity contribution in [1.29, 1.82) is 0 Å². The van der Waals surface area contributed by atoms with E-state index in [0.717, 1.165) is 16.9 Å². The van der Waals surface area contributed by atoms with Crippen LogP contribution in [0, 0.1) is 6.92 Å². The molecule has 3 rings (SSSR count). The van der Waals surface area contributed by atoms with Crippen LogP contribution in [-0.2, 0) is 11.3 Å². The standard InChI is InChI=1S/C17H18N2O4/c1-3-12-16(20)19(9-11-5-7-15(23-11)17(21)22)14-6-4-10(2)8-13(14)18-12/h4-8,12,18H,3,9H2,1-2H3,(H,21,22). The molecule has 1 aromatic carbocycles. The minimum atomic E-state index is -1.12. The highest BCUT2D eigenvalue weighted by Crippen LogP contribution is 2.34. The predicted octanol–water partition coefficient (Wildman–Crippen LogP) is 3.02. The molecular formula is C17H18N2O4. The first-order chi connectivity index (χ1) is 11.0. The van der Waals surface area contributed by atoms with Crippen molar-refractivity contribution in [3.05, 3.63) is 47.4 Å². The number of carbonyl (C=O) groups excluding carboxylic acids is 1. The Morgan fingerprint density at radius 3 is 2.78 bits per heavy atom. The first-order valence-corrected chi connectivity index (χ1v) is 7.50. The van der Waals surface area contributed by atoms with E-state index in [2.05, 4.69) is 5.32 Å². The molecular weight excluding hydrogens is 296 g/mol. The predicted molar refractivity (Wildman–Crippen MR) is 85.7 cm³/mol. The highest BCUT2D eigenvalue weighted by atomic mass is 16.4. The van der Waals surface area contributed by atoms with E-state index >= 15 is 0 Å². The number of hydrogen-bond donors (Lipinski definition) is 2. The van der Waals surface area contributed by atoms with E-state index in [1.807, 2.05) is 32.0 Å². The molecule has 0 saturated carbocycles. The molecule has 1 aromatic heterocycles. The van der Waals surface area contributed by atoms with E-state index in [4.69, 9.17) is 9.52 Å². The van der Waals surface area contributed by atoms with Crippen molar-refractivity contribution >= 4 is 23.3 Å². The number of rotatable bonds is 4. The summed E-state index contributed by atoms with van der Waals surface area (Å²) in [6.07, 6.45) is 0.668. The van der Waals surface area contributed by atoms with E-state index in [1.165, 1.54) is 6.07 Å². The van der Waals surface area contributed by atoms with E-state index in [-0.39, 0.29) is 24.3 Å². The lowest BCUT2D eigenvalue weighted by molar-refractivity contribution is -0.119. The van der Waals surface area contributed by atoms with Crippen molar-refractivity contribution in [3.63, 3.8) is 0 Å². The number of nitrogens with one attached hydrogen (secondary N) is 1. The Morgan fingerprint density at radius 1 is 1.35 bits per heavy atom. The van der Waals surface area contributed by atoms with Gasteiger partial charge in [-0.25, -0.2) is 4.79 Å². The van der Waals surface area contributed by atoms with Crippen molar-refractivity contribution in [2.24, 2.45) is 0 Å². The molecule has 1 aliphatic rings. The number of carboxylic acids is 1. The van der Waals surface area contributed by atoms with Crippen molar-refractivity contribution < 1.29 is 19.1 Å². The van der Waals surface area contributed by atoms with E-state index in [1.54, 1.807) is 11.0 Å². The lowest BCUT2D eigenvalue weighted by Crippen LogP contribution is -2.46. The van der Waals surface area contributed by atoms with Gasteiger partial charge in [-0.2, -0.15) is 0 Å². The van der Waals surface area contributed by atoms with Gasteiger partial charge in [0.05, 0.1) is 17.9 Å². The fraction of sp³-hybridized carbons (Fsp3) is 0.294. The molecule has 120 valence electrons. The van der Waals surface area contributed by atoms with Crippen LogP contribution in [0.2, 0.25) is 0 Å². The maximum absolute atomic E-state index is 12.7. The summed E-state index contributed by atoms with van der Waals surface area (Å²) in [6, 6.07) is 8.53. The average Bonchev–Trinajstić information content (AvgIpc) is 2.98. The second-order valence-corrected chi connectivity index (χ2v) is 5.62. The number of furan rings is 1. The quantitative estimate of drug-likeness (QED) is 0.906. The van der Waals surface area contributed by atoms with Crippen LogP contribution < -0.4 is 10.2 Å². The Bertz CT molecular complexity index is 766. The van der Waals surface area contributed by atoms with Crippen LogP contribution in [-0.4, -0.2) is 23.0 Å². The molecule has 2 N–H and O–H groups in total. The van der Waals surface area contributed by atoms with Gasteiger partial charge in [-0.15, -0.1) is 0 Å². The van der Waals surface area contributed by atoms with Gasteiger partial charge in [0.25, 0.3) is 0 Å². The molecule has 6 heteroatoms. The number of aromatic carboxylic acids is 1. The van der Waals surface area contributed by atoms with Gasteiger partial charge in [-0.3, -0.25) is 4.79 Å². The van der Waals surface area contributed by atoms with Crippen molar-refractivity contribution in [1.82, 2.24) is 0 Å². The minimum Gasteiger partial charge on any atom is -0.475 e. The summed E-state index contributed by atoms with van der Waals surface area (Å²) in [5, 5.41) is 12.2. The number of nitrogens with zero attached hydrogens (tertiary/aromatic N) is 1. The molecule has 1 aliphatic heterocycles. The Balaban J connectivity index is 1.95. The number of carbonyl (C=O) groups is 2. The fourth-order valence-electron chi connectivity index (χ4n) is 2.73. The number of aryl methyl sites for hydroxylation is 1. The normalized spacial score (nSPS) is 16.9. The third kappa shape index (κ3) is 2.79. The SMILES string of the molecule is CCC1Nc2cc(C)ccc2N(Cc2ccc(C(=O)O)o2)C1=O. The first-order valence-electron chi connectivity index (χ1n) is 7.50. The molecule has 0 saturated heterocycles. The summed E-state index contributed by atoms with van der Waals surface area (Å²) in [4.78, 5) is 25.2. The van der Waals surface area contributed by atoms with Gasteiger partial charge < -0.3 is 19.7 Å². The van der Waals surface area contributed by atoms with Crippen molar-refractivity contribution in [2.75, 3.05) is 10.2 Å². The van der Waals surface area contributed by atoms with Crippen LogP contribution in [0.1, 0.15) is 35.2 Å². The van der Waals surface area contributed by atoms with Crippen LogP contribution in [0.4, 0.5) is 11.4 Å². The first kappa shape index (κ1) is 15.1. The number of benzene rings is 1. The van der Waals surface area contributed by atoms with Crippen molar-refractivity contribution in [3.8, 4) is 0 Å². The van der Waals surface area contributed by atoms with Crippen LogP contribution >= 0.6 is 0 Å². The molecule has 0 spiro atoms. The molecule has 6 nitrogen and oxygen atoms in total. The maximum atomic E-state index is 12.7. The lowest BCUT2D eigenvalue weighted by Gasteiger charge is -2.34. The molecule has 0 fully saturated rings. The molecule has 23 heavy (non-hydrogen) atoms. The number of fused-ring (bicyclic) bond motifs is 1. The average molecular weight is 314 g/mol. The third-order valence-electron chi connectivity index (χ3n) is 3.93. The lowest BCUT2D eigenvalue weighted by atomic mass is 10.0. The van der Waals surface area contributed by atoms with Gasteiger partial charge in [0.1, 0.15) is 11.8 Å². The molecule has 2 aromatic rings. The number of hydrogen-bond acceptors (Lipinski definition) is 4. The van der Waals surface area contributed by atoms with E-state index < -0.39 is 5.97 Å². The fourth-order valence-corrected chi connectivity index (χ4v) is 2.73. The molecule has 0 aliphatic carbocycles. The number of anilines is 2. The maximum Gasteiger partial charge on any atom is 0.371 e. The topological polar surface area (TPSA) is 82.8 Å². The molecule has 0 radical (unpaired) electrons. The largest absolute Gasteiger partial charge is 0.475 e. The summed E-state index contributed by atoms with van der Waals surface area (Å²) >= 11 is 0. The number of amides is 1. The summed E-state index contributed by atoms with van der Waals surface area (Å²) in [7, 11) is 0. The Morgan fingerprint density at radius 2 is 2.13 bits per heavy atom. The number of carboxylic acid groups (broad SMARTS) is 1. The smallest absolute Gasteiger partial charge is 0.371 e. The van der Waals surface area contributed by atoms with Gasteiger partial charge >= 0.3 is 5.97 Å². The molecule has 1 unspecified atom stereocenters. The van der Waals surface area contributed by atoms with Gasteiger partial charge in [-0.05, 0) is 43.2 Å². The van der Waals surface area contributed by atoms with Crippen LogP contribution in [0.15, 0.2) is 34.7 Å². The van der Waals surface area contributed by atoms with Gasteiger partial charge in [0.15, 0.2) is 0 Å². The van der Waals surface area contributed by atoms with Crippen LogP contribution in [0.5, 0.6) is 0 Å². The monoisotopic (exact) mass is 314 g/mol. The van der Waals surface area contributed by atoms with Gasteiger partial charge in [-0.1, -0.05) is 13.0 Å². The summed E-state index contributed by atoms with van der Waals surface area (Å²) in [5.74, 6) is -0.847. The van der Waals surface area contributed by atoms with E-state index in [9.17, 15) is 9.59 Å². The van der Waals surface area contributed by atoms with Crippen LogP contribution in [0.25, 0.3) is 0 Å². The Kier molecular flexibility index (Phi) is 3.82. The summed E-state index contributed by atoms with van der Waals surface area (Å²) in [6.45, 7) is 4.15. The zero-order valence-corrected chi connectivity index (χ0v) is 13.0.